The molecule has 5 heteroatoms. The van der Waals surface area contributed by atoms with E-state index in [1.807, 2.05) is 55.5 Å². The van der Waals surface area contributed by atoms with Gasteiger partial charge in [-0.25, -0.2) is 0 Å². The highest BCUT2D eigenvalue weighted by Gasteiger charge is 2.26. The van der Waals surface area contributed by atoms with Crippen LogP contribution in [0.15, 0.2) is 48.5 Å². The summed E-state index contributed by atoms with van der Waals surface area (Å²) < 4.78 is 0. The summed E-state index contributed by atoms with van der Waals surface area (Å²) in [5.41, 5.74) is 3.10. The van der Waals surface area contributed by atoms with Crippen molar-refractivity contribution >= 4 is 23.4 Å². The van der Waals surface area contributed by atoms with Crippen LogP contribution in [0, 0.1) is 6.92 Å². The highest BCUT2D eigenvalue weighted by atomic mass is 35.5. The molecule has 0 saturated carbocycles. The Morgan fingerprint density at radius 3 is 2.38 bits per heavy atom. The molecule has 1 atom stereocenters. The predicted molar refractivity (Wildman–Crippen MR) is 119 cm³/mol. The monoisotopic (exact) mass is 414 g/mol. The molecule has 0 fully saturated rings. The lowest BCUT2D eigenvalue weighted by Gasteiger charge is -2.29. The average molecular weight is 415 g/mol. The summed E-state index contributed by atoms with van der Waals surface area (Å²) in [6.45, 7) is 6.95. The van der Waals surface area contributed by atoms with Gasteiger partial charge in [0.1, 0.15) is 6.04 Å². The van der Waals surface area contributed by atoms with E-state index in [1.165, 1.54) is 0 Å². The number of carbonyl (C=O) groups excluding carboxylic acids is 2. The van der Waals surface area contributed by atoms with Crippen LogP contribution in [-0.2, 0) is 22.6 Å². The van der Waals surface area contributed by atoms with E-state index in [1.54, 1.807) is 11.8 Å². The molecule has 2 aromatic carbocycles. The number of amides is 2. The molecule has 4 nitrogen and oxygen atoms in total. The lowest BCUT2D eigenvalue weighted by Crippen LogP contribution is -2.48. The number of hydrogen-bond acceptors (Lipinski definition) is 2. The fraction of sp³-hybridized carbons (Fsp3) is 0.417. The Labute approximate surface area is 179 Å². The van der Waals surface area contributed by atoms with E-state index in [0.29, 0.717) is 31.0 Å². The summed E-state index contributed by atoms with van der Waals surface area (Å²) in [4.78, 5) is 27.4. The van der Waals surface area contributed by atoms with Crippen molar-refractivity contribution in [3.8, 4) is 0 Å². The number of hydrogen-bond donors (Lipinski definition) is 1. The van der Waals surface area contributed by atoms with Gasteiger partial charge in [0.05, 0.1) is 0 Å². The van der Waals surface area contributed by atoms with Gasteiger partial charge in [-0.2, -0.15) is 0 Å². The van der Waals surface area contributed by atoms with Crippen LogP contribution in [-0.4, -0.2) is 29.3 Å². The average Bonchev–Trinajstić information content (AvgIpc) is 2.72. The topological polar surface area (TPSA) is 49.4 Å². The Hall–Kier alpha value is -2.33. The zero-order chi connectivity index (χ0) is 21.2. The molecule has 0 aromatic heterocycles. The van der Waals surface area contributed by atoms with Gasteiger partial charge in [0.15, 0.2) is 0 Å². The number of carbonyl (C=O) groups is 2. The smallest absolute Gasteiger partial charge is 0.242 e. The number of aryl methyl sites for hydroxylation is 2. The van der Waals surface area contributed by atoms with Crippen LogP contribution in [0.1, 0.15) is 49.8 Å². The van der Waals surface area contributed by atoms with Crippen LogP contribution >= 0.6 is 11.6 Å². The Bertz CT molecular complexity index is 822. The fourth-order valence-corrected chi connectivity index (χ4v) is 3.41. The number of nitrogens with zero attached hydrogens (tertiary/aromatic N) is 1. The second-order valence-electron chi connectivity index (χ2n) is 7.36. The molecular weight excluding hydrogens is 384 g/mol. The van der Waals surface area contributed by atoms with Gasteiger partial charge in [-0.05, 0) is 49.4 Å². The summed E-state index contributed by atoms with van der Waals surface area (Å²) in [5, 5.41) is 3.61. The van der Waals surface area contributed by atoms with E-state index >= 15 is 0 Å². The van der Waals surface area contributed by atoms with E-state index < -0.39 is 6.04 Å². The molecule has 1 N–H and O–H groups in total. The predicted octanol–water partition coefficient (Wildman–Crippen LogP) is 4.91. The number of halogens is 1. The Kier molecular flexibility index (Phi) is 9.20. The molecule has 2 aromatic rings. The summed E-state index contributed by atoms with van der Waals surface area (Å²) in [6.07, 6.45) is 2.80. The third-order valence-electron chi connectivity index (χ3n) is 5.16. The number of unbranched alkanes of at least 4 members (excludes halogenated alkanes) is 1. The van der Waals surface area contributed by atoms with Crippen molar-refractivity contribution in [1.82, 2.24) is 10.2 Å². The molecule has 29 heavy (non-hydrogen) atoms. The van der Waals surface area contributed by atoms with Crippen molar-refractivity contribution < 1.29 is 9.59 Å². The second kappa shape index (κ2) is 11.6. The lowest BCUT2D eigenvalue weighted by atomic mass is 10.1. The molecule has 0 aliphatic rings. The quantitative estimate of drug-likeness (QED) is 0.561. The molecule has 2 rings (SSSR count). The largest absolute Gasteiger partial charge is 0.354 e. The highest BCUT2D eigenvalue weighted by Crippen LogP contribution is 2.19. The van der Waals surface area contributed by atoms with Gasteiger partial charge < -0.3 is 10.2 Å². The maximum absolute atomic E-state index is 13.1. The molecule has 0 spiro atoms. The molecule has 0 heterocycles. The minimum Gasteiger partial charge on any atom is -0.354 e. The van der Waals surface area contributed by atoms with Crippen molar-refractivity contribution in [2.45, 2.75) is 59.0 Å². The van der Waals surface area contributed by atoms with Crippen LogP contribution in [0.25, 0.3) is 0 Å². The molecule has 0 unspecified atom stereocenters. The molecule has 0 aliphatic heterocycles. The molecule has 156 valence electrons. The van der Waals surface area contributed by atoms with E-state index in [-0.39, 0.29) is 11.8 Å². The van der Waals surface area contributed by atoms with Crippen molar-refractivity contribution in [2.24, 2.45) is 0 Å². The Morgan fingerprint density at radius 2 is 1.72 bits per heavy atom. The third kappa shape index (κ3) is 6.90. The van der Waals surface area contributed by atoms with Crippen molar-refractivity contribution in [1.29, 1.82) is 0 Å². The fourth-order valence-electron chi connectivity index (χ4n) is 3.18. The van der Waals surface area contributed by atoms with Gasteiger partial charge in [-0.1, -0.05) is 67.4 Å². The molecule has 0 aliphatic carbocycles. The SMILES string of the molecule is CCCCNC(=O)[C@H](C)N(Cc1ccccc1C)C(=O)CCc1ccccc1Cl. The van der Waals surface area contributed by atoms with Gasteiger partial charge in [0, 0.05) is 24.5 Å². The maximum atomic E-state index is 13.1. The van der Waals surface area contributed by atoms with Crippen molar-refractivity contribution in [3.63, 3.8) is 0 Å². The summed E-state index contributed by atoms with van der Waals surface area (Å²) in [5.74, 6) is -0.163. The molecule has 2 amide bonds. The van der Waals surface area contributed by atoms with Crippen LogP contribution in [0.3, 0.4) is 0 Å². The maximum Gasteiger partial charge on any atom is 0.242 e. The van der Waals surface area contributed by atoms with Crippen molar-refractivity contribution in [3.05, 3.63) is 70.2 Å². The Morgan fingerprint density at radius 1 is 1.07 bits per heavy atom. The number of nitrogens with one attached hydrogen (secondary N) is 1. The highest BCUT2D eigenvalue weighted by molar-refractivity contribution is 6.31. The molecule has 0 radical (unpaired) electrons. The summed E-state index contributed by atoms with van der Waals surface area (Å²) in [7, 11) is 0. The van der Waals surface area contributed by atoms with Gasteiger partial charge in [-0.3, -0.25) is 9.59 Å². The van der Waals surface area contributed by atoms with E-state index in [4.69, 9.17) is 11.6 Å². The first kappa shape index (κ1) is 23.0. The van der Waals surface area contributed by atoms with E-state index in [0.717, 1.165) is 29.5 Å². The third-order valence-corrected chi connectivity index (χ3v) is 5.53. The zero-order valence-corrected chi connectivity index (χ0v) is 18.3. The van der Waals surface area contributed by atoms with Crippen molar-refractivity contribution in [2.75, 3.05) is 6.54 Å². The number of benzene rings is 2. The number of rotatable bonds is 10. The zero-order valence-electron chi connectivity index (χ0n) is 17.6. The first-order valence-electron chi connectivity index (χ1n) is 10.3. The van der Waals surface area contributed by atoms with Crippen LogP contribution in [0.4, 0.5) is 0 Å². The Balaban J connectivity index is 2.14. The van der Waals surface area contributed by atoms with Gasteiger partial charge >= 0.3 is 0 Å². The van der Waals surface area contributed by atoms with Gasteiger partial charge in [-0.15, -0.1) is 0 Å². The van der Waals surface area contributed by atoms with E-state index in [9.17, 15) is 9.59 Å². The van der Waals surface area contributed by atoms with Crippen LogP contribution < -0.4 is 5.32 Å². The van der Waals surface area contributed by atoms with Crippen LogP contribution in [0.5, 0.6) is 0 Å². The first-order chi connectivity index (χ1) is 13.9. The normalized spacial score (nSPS) is 11.7. The molecule has 0 saturated heterocycles. The van der Waals surface area contributed by atoms with E-state index in [2.05, 4.69) is 12.2 Å². The summed E-state index contributed by atoms with van der Waals surface area (Å²) in [6, 6.07) is 15.0. The molecular formula is C24H31ClN2O2. The lowest BCUT2D eigenvalue weighted by molar-refractivity contribution is -0.140. The minimum absolute atomic E-state index is 0.0497. The first-order valence-corrected chi connectivity index (χ1v) is 10.7. The summed E-state index contributed by atoms with van der Waals surface area (Å²) >= 11 is 6.23. The van der Waals surface area contributed by atoms with Gasteiger partial charge in [0.25, 0.3) is 0 Å². The van der Waals surface area contributed by atoms with Crippen LogP contribution in [0.2, 0.25) is 5.02 Å². The van der Waals surface area contributed by atoms with Gasteiger partial charge in [0.2, 0.25) is 11.8 Å². The second-order valence-corrected chi connectivity index (χ2v) is 7.77. The minimum atomic E-state index is -0.537. The molecule has 0 bridgehead atoms. The standard InChI is InChI=1S/C24H31ClN2O2/c1-4-5-16-26-24(29)19(3)27(17-21-12-7-6-10-18(21)2)23(28)15-14-20-11-8-9-13-22(20)25/h6-13,19H,4-5,14-17H2,1-3H3,(H,26,29)/t19-/m0/s1.